The van der Waals surface area contributed by atoms with Crippen LogP contribution in [-0.4, -0.2) is 13.2 Å². The molecule has 1 aliphatic rings. The second kappa shape index (κ2) is 6.36. The van der Waals surface area contributed by atoms with Gasteiger partial charge in [-0.05, 0) is 29.5 Å². The lowest BCUT2D eigenvalue weighted by atomic mass is 9.90. The molecular formula is C15H20BrClO2. The van der Waals surface area contributed by atoms with Crippen LogP contribution in [0.15, 0.2) is 16.6 Å². The average molecular weight is 348 g/mol. The number of halogens is 2. The lowest BCUT2D eigenvalue weighted by Gasteiger charge is -2.23. The zero-order valence-corrected chi connectivity index (χ0v) is 13.9. The monoisotopic (exact) mass is 346 g/mol. The summed E-state index contributed by atoms with van der Waals surface area (Å²) in [5.41, 5.74) is 1.08. The molecule has 0 N–H and O–H groups in total. The highest BCUT2D eigenvalue weighted by molar-refractivity contribution is 9.10. The van der Waals surface area contributed by atoms with E-state index in [0.29, 0.717) is 25.0 Å². The number of alkyl halides is 1. The van der Waals surface area contributed by atoms with E-state index in [1.54, 1.807) is 0 Å². The third kappa shape index (κ3) is 3.38. The van der Waals surface area contributed by atoms with Crippen LogP contribution in [0, 0.1) is 11.8 Å². The summed E-state index contributed by atoms with van der Waals surface area (Å²) in [6.45, 7) is 7.96. The van der Waals surface area contributed by atoms with E-state index in [2.05, 4.69) is 36.7 Å². The molecular weight excluding hydrogens is 328 g/mol. The van der Waals surface area contributed by atoms with Gasteiger partial charge in [-0.15, -0.1) is 11.6 Å². The van der Waals surface area contributed by atoms with Crippen molar-refractivity contribution in [1.82, 2.24) is 0 Å². The summed E-state index contributed by atoms with van der Waals surface area (Å²) in [5, 5.41) is -0.0356. The van der Waals surface area contributed by atoms with Crippen LogP contribution in [-0.2, 0) is 0 Å². The maximum absolute atomic E-state index is 6.61. The van der Waals surface area contributed by atoms with Gasteiger partial charge in [-0.2, -0.15) is 0 Å². The molecule has 1 heterocycles. The number of hydrogen-bond acceptors (Lipinski definition) is 2. The van der Waals surface area contributed by atoms with Gasteiger partial charge in [0.05, 0.1) is 18.6 Å². The Bertz CT molecular complexity index is 448. The normalized spacial score (nSPS) is 18.0. The van der Waals surface area contributed by atoms with Gasteiger partial charge >= 0.3 is 0 Å². The van der Waals surface area contributed by atoms with Gasteiger partial charge in [0.2, 0.25) is 0 Å². The van der Waals surface area contributed by atoms with Crippen molar-refractivity contribution < 1.29 is 9.47 Å². The van der Waals surface area contributed by atoms with Gasteiger partial charge in [-0.1, -0.05) is 36.7 Å². The van der Waals surface area contributed by atoms with Crippen LogP contribution >= 0.6 is 27.5 Å². The van der Waals surface area contributed by atoms with E-state index in [0.717, 1.165) is 28.0 Å². The molecule has 2 rings (SSSR count). The lowest BCUT2D eigenvalue weighted by Crippen LogP contribution is -2.11. The van der Waals surface area contributed by atoms with Gasteiger partial charge in [-0.3, -0.25) is 0 Å². The van der Waals surface area contributed by atoms with Gasteiger partial charge in [0.25, 0.3) is 0 Å². The van der Waals surface area contributed by atoms with E-state index in [1.807, 2.05) is 12.1 Å². The molecule has 0 spiro atoms. The maximum Gasteiger partial charge on any atom is 0.162 e. The minimum absolute atomic E-state index is 0.0356. The molecule has 4 heteroatoms. The second-order valence-electron chi connectivity index (χ2n) is 5.38. The Kier molecular flexibility index (Phi) is 5.02. The largest absolute Gasteiger partial charge is 0.490 e. The van der Waals surface area contributed by atoms with Crippen molar-refractivity contribution in [2.45, 2.75) is 32.6 Å². The molecule has 0 aliphatic carbocycles. The van der Waals surface area contributed by atoms with Gasteiger partial charge < -0.3 is 9.47 Å². The molecule has 0 bridgehead atoms. The molecule has 1 aliphatic heterocycles. The first kappa shape index (κ1) is 15.0. The number of hydrogen-bond donors (Lipinski definition) is 0. The molecule has 19 heavy (non-hydrogen) atoms. The first-order valence-corrected chi connectivity index (χ1v) is 7.96. The summed E-state index contributed by atoms with van der Waals surface area (Å²) in [5.74, 6) is 2.53. The zero-order valence-electron chi connectivity index (χ0n) is 11.6. The smallest absolute Gasteiger partial charge is 0.162 e. The van der Waals surface area contributed by atoms with E-state index in [-0.39, 0.29) is 5.38 Å². The van der Waals surface area contributed by atoms with E-state index < -0.39 is 0 Å². The average Bonchev–Trinajstić information content (AvgIpc) is 2.60. The van der Waals surface area contributed by atoms with E-state index in [4.69, 9.17) is 21.1 Å². The minimum Gasteiger partial charge on any atom is -0.490 e. The SMILES string of the molecule is CC(C)C(C)C(Cl)c1cc2c(cc1Br)OCCCO2. The van der Waals surface area contributed by atoms with Crippen molar-refractivity contribution in [2.24, 2.45) is 11.8 Å². The van der Waals surface area contributed by atoms with Crippen molar-refractivity contribution in [3.05, 3.63) is 22.2 Å². The Hall–Kier alpha value is -0.410. The standard InChI is InChI=1S/C15H20BrClO2/c1-9(2)10(3)15(17)11-7-13-14(8-12(11)16)19-6-4-5-18-13/h7-10,15H,4-6H2,1-3H3. The molecule has 1 aromatic carbocycles. The van der Waals surface area contributed by atoms with E-state index in [1.165, 1.54) is 0 Å². The van der Waals surface area contributed by atoms with Crippen LogP contribution < -0.4 is 9.47 Å². The van der Waals surface area contributed by atoms with Crippen molar-refractivity contribution in [3.63, 3.8) is 0 Å². The minimum atomic E-state index is -0.0356. The number of fused-ring (bicyclic) bond motifs is 1. The second-order valence-corrected chi connectivity index (χ2v) is 6.70. The van der Waals surface area contributed by atoms with Gasteiger partial charge in [-0.25, -0.2) is 0 Å². The van der Waals surface area contributed by atoms with Crippen LogP contribution in [0.1, 0.15) is 38.1 Å². The highest BCUT2D eigenvalue weighted by Gasteiger charge is 2.24. The summed E-state index contributed by atoms with van der Waals surface area (Å²) in [7, 11) is 0. The number of benzene rings is 1. The lowest BCUT2D eigenvalue weighted by molar-refractivity contribution is 0.297. The Morgan fingerprint density at radius 3 is 2.26 bits per heavy atom. The highest BCUT2D eigenvalue weighted by atomic mass is 79.9. The van der Waals surface area contributed by atoms with Crippen molar-refractivity contribution in [3.8, 4) is 11.5 Å². The highest BCUT2D eigenvalue weighted by Crippen LogP contribution is 2.43. The van der Waals surface area contributed by atoms with Crippen LogP contribution in [0.5, 0.6) is 11.5 Å². The molecule has 0 saturated carbocycles. The van der Waals surface area contributed by atoms with Crippen LogP contribution in [0.2, 0.25) is 0 Å². The van der Waals surface area contributed by atoms with Gasteiger partial charge in [0.15, 0.2) is 11.5 Å². The van der Waals surface area contributed by atoms with Crippen LogP contribution in [0.3, 0.4) is 0 Å². The quantitative estimate of drug-likeness (QED) is 0.701. The summed E-state index contributed by atoms with van der Waals surface area (Å²) in [6, 6.07) is 3.99. The molecule has 0 fully saturated rings. The Morgan fingerprint density at radius 2 is 1.68 bits per heavy atom. The molecule has 0 radical (unpaired) electrons. The van der Waals surface area contributed by atoms with Crippen molar-refractivity contribution in [1.29, 1.82) is 0 Å². The third-order valence-electron chi connectivity index (χ3n) is 3.68. The van der Waals surface area contributed by atoms with Crippen LogP contribution in [0.25, 0.3) is 0 Å². The molecule has 2 nitrogen and oxygen atoms in total. The fraction of sp³-hybridized carbons (Fsp3) is 0.600. The zero-order chi connectivity index (χ0) is 14.0. The predicted molar refractivity (Wildman–Crippen MR) is 82.3 cm³/mol. The summed E-state index contributed by atoms with van der Waals surface area (Å²) >= 11 is 10.2. The molecule has 0 aromatic heterocycles. The Labute approximate surface area is 128 Å². The van der Waals surface area contributed by atoms with E-state index in [9.17, 15) is 0 Å². The molecule has 106 valence electrons. The van der Waals surface area contributed by atoms with Gasteiger partial charge in [0.1, 0.15) is 0 Å². The predicted octanol–water partition coefficient (Wildman–Crippen LogP) is 5.18. The Morgan fingerprint density at radius 1 is 1.11 bits per heavy atom. The van der Waals surface area contributed by atoms with Crippen LogP contribution in [0.4, 0.5) is 0 Å². The fourth-order valence-electron chi connectivity index (χ4n) is 2.03. The van der Waals surface area contributed by atoms with Crippen molar-refractivity contribution in [2.75, 3.05) is 13.2 Å². The molecule has 2 atom stereocenters. The first-order chi connectivity index (χ1) is 9.00. The molecule has 0 saturated heterocycles. The van der Waals surface area contributed by atoms with Crippen molar-refractivity contribution >= 4 is 27.5 Å². The van der Waals surface area contributed by atoms with E-state index >= 15 is 0 Å². The van der Waals surface area contributed by atoms with Gasteiger partial charge in [0, 0.05) is 10.9 Å². The maximum atomic E-state index is 6.61. The summed E-state index contributed by atoms with van der Waals surface area (Å²) in [4.78, 5) is 0. The number of rotatable bonds is 3. The topological polar surface area (TPSA) is 18.5 Å². The molecule has 2 unspecified atom stereocenters. The molecule has 0 amide bonds. The first-order valence-electron chi connectivity index (χ1n) is 6.73. The molecule has 1 aromatic rings. The summed E-state index contributed by atoms with van der Waals surface area (Å²) < 4.78 is 12.4. The number of ether oxygens (including phenoxy) is 2. The third-order valence-corrected chi connectivity index (χ3v) is 5.00. The fourth-order valence-corrected chi connectivity index (χ4v) is 3.20. The summed E-state index contributed by atoms with van der Waals surface area (Å²) in [6.07, 6.45) is 0.911. The Balaban J connectivity index is 2.33.